The lowest BCUT2D eigenvalue weighted by Gasteiger charge is -2.13. The SMILES string of the molecule is CC(C)COCC(O)CNCCc1nncn1C. The predicted octanol–water partition coefficient (Wildman–Crippen LogP) is -0.0193. The molecule has 2 N–H and O–H groups in total. The average Bonchev–Trinajstić information content (AvgIpc) is 2.70. The van der Waals surface area contributed by atoms with Gasteiger partial charge in [-0.15, -0.1) is 10.2 Å². The van der Waals surface area contributed by atoms with E-state index in [2.05, 4.69) is 29.4 Å². The minimum atomic E-state index is -0.455. The van der Waals surface area contributed by atoms with E-state index < -0.39 is 6.10 Å². The van der Waals surface area contributed by atoms with Crippen molar-refractivity contribution in [3.63, 3.8) is 0 Å². The summed E-state index contributed by atoms with van der Waals surface area (Å²) in [5, 5.41) is 20.6. The first-order valence-corrected chi connectivity index (χ1v) is 6.39. The number of rotatable bonds is 9. The van der Waals surface area contributed by atoms with Crippen molar-refractivity contribution in [2.45, 2.75) is 26.4 Å². The topological polar surface area (TPSA) is 72.2 Å². The van der Waals surface area contributed by atoms with Crippen LogP contribution in [0.4, 0.5) is 0 Å². The molecule has 0 radical (unpaired) electrons. The molecule has 1 heterocycles. The Morgan fingerprint density at radius 1 is 1.44 bits per heavy atom. The van der Waals surface area contributed by atoms with Gasteiger partial charge in [0.05, 0.1) is 12.7 Å². The summed E-state index contributed by atoms with van der Waals surface area (Å²) in [6.45, 7) is 6.56. The number of aliphatic hydroxyl groups is 1. The molecule has 6 nitrogen and oxygen atoms in total. The van der Waals surface area contributed by atoms with E-state index in [1.54, 1.807) is 6.33 Å². The number of hydrogen-bond donors (Lipinski definition) is 2. The average molecular weight is 256 g/mol. The van der Waals surface area contributed by atoms with Crippen LogP contribution in [0.15, 0.2) is 6.33 Å². The molecule has 0 aliphatic rings. The van der Waals surface area contributed by atoms with Crippen molar-refractivity contribution in [1.29, 1.82) is 0 Å². The minimum absolute atomic E-state index is 0.384. The summed E-state index contributed by atoms with van der Waals surface area (Å²) < 4.78 is 7.26. The minimum Gasteiger partial charge on any atom is -0.389 e. The summed E-state index contributed by atoms with van der Waals surface area (Å²) in [6.07, 6.45) is 2.03. The van der Waals surface area contributed by atoms with Crippen LogP contribution in [-0.4, -0.2) is 52.3 Å². The molecule has 0 saturated carbocycles. The van der Waals surface area contributed by atoms with Gasteiger partial charge in [-0.3, -0.25) is 0 Å². The first kappa shape index (κ1) is 15.1. The highest BCUT2D eigenvalue weighted by molar-refractivity contribution is 4.84. The van der Waals surface area contributed by atoms with Crippen molar-refractivity contribution in [3.05, 3.63) is 12.2 Å². The molecule has 0 bridgehead atoms. The summed E-state index contributed by atoms with van der Waals surface area (Å²) in [6, 6.07) is 0. The van der Waals surface area contributed by atoms with Gasteiger partial charge >= 0.3 is 0 Å². The van der Waals surface area contributed by atoms with Crippen molar-refractivity contribution in [2.24, 2.45) is 13.0 Å². The van der Waals surface area contributed by atoms with E-state index in [9.17, 15) is 5.11 Å². The zero-order valence-corrected chi connectivity index (χ0v) is 11.5. The molecule has 0 aliphatic heterocycles. The zero-order chi connectivity index (χ0) is 13.4. The Balaban J connectivity index is 2.02. The normalized spacial score (nSPS) is 13.2. The highest BCUT2D eigenvalue weighted by atomic mass is 16.5. The third-order valence-corrected chi connectivity index (χ3v) is 2.47. The molecule has 1 unspecified atom stereocenters. The van der Waals surface area contributed by atoms with Crippen LogP contribution < -0.4 is 5.32 Å². The maximum atomic E-state index is 9.65. The van der Waals surface area contributed by atoms with Gasteiger partial charge in [-0.1, -0.05) is 13.8 Å². The molecule has 1 atom stereocenters. The maximum Gasteiger partial charge on any atom is 0.133 e. The summed E-state index contributed by atoms with van der Waals surface area (Å²) in [5.41, 5.74) is 0. The van der Waals surface area contributed by atoms with Gasteiger partial charge in [0.1, 0.15) is 12.2 Å². The van der Waals surface area contributed by atoms with Gasteiger partial charge in [0.25, 0.3) is 0 Å². The Bertz CT molecular complexity index is 328. The van der Waals surface area contributed by atoms with Gasteiger partial charge in [-0.25, -0.2) is 0 Å². The second-order valence-electron chi connectivity index (χ2n) is 4.90. The van der Waals surface area contributed by atoms with Gasteiger partial charge in [0.15, 0.2) is 0 Å². The Morgan fingerprint density at radius 3 is 2.83 bits per heavy atom. The monoisotopic (exact) mass is 256 g/mol. The molecule has 18 heavy (non-hydrogen) atoms. The number of aromatic nitrogens is 3. The fourth-order valence-corrected chi connectivity index (χ4v) is 1.50. The van der Waals surface area contributed by atoms with E-state index in [0.29, 0.717) is 25.7 Å². The van der Waals surface area contributed by atoms with E-state index >= 15 is 0 Å². The molecule has 0 amide bonds. The summed E-state index contributed by atoms with van der Waals surface area (Å²) >= 11 is 0. The molecule has 0 fully saturated rings. The molecule has 104 valence electrons. The molecule has 6 heteroatoms. The van der Waals surface area contributed by atoms with Crippen molar-refractivity contribution >= 4 is 0 Å². The Kier molecular flexibility index (Phi) is 6.85. The molecule has 1 aromatic heterocycles. The number of aryl methyl sites for hydroxylation is 1. The number of aliphatic hydroxyl groups excluding tert-OH is 1. The molecule has 1 rings (SSSR count). The fraction of sp³-hybridized carbons (Fsp3) is 0.833. The van der Waals surface area contributed by atoms with Crippen LogP contribution >= 0.6 is 0 Å². The van der Waals surface area contributed by atoms with Gasteiger partial charge in [0, 0.05) is 33.2 Å². The maximum absolute atomic E-state index is 9.65. The summed E-state index contributed by atoms with van der Waals surface area (Å²) in [4.78, 5) is 0. The molecule has 0 spiro atoms. The van der Waals surface area contributed by atoms with Crippen LogP contribution in [0, 0.1) is 5.92 Å². The van der Waals surface area contributed by atoms with E-state index in [1.165, 1.54) is 0 Å². The molecule has 0 aromatic carbocycles. The van der Waals surface area contributed by atoms with Crippen LogP contribution in [0.2, 0.25) is 0 Å². The first-order valence-electron chi connectivity index (χ1n) is 6.39. The number of hydrogen-bond acceptors (Lipinski definition) is 5. The standard InChI is InChI=1S/C12H24N4O2/c1-10(2)7-18-8-11(17)6-13-5-4-12-15-14-9-16(12)3/h9-11,13,17H,4-8H2,1-3H3. The molecular weight excluding hydrogens is 232 g/mol. The van der Waals surface area contributed by atoms with E-state index in [1.807, 2.05) is 11.6 Å². The predicted molar refractivity (Wildman–Crippen MR) is 69.2 cm³/mol. The van der Waals surface area contributed by atoms with Crippen LogP contribution in [0.25, 0.3) is 0 Å². The Labute approximate surface area is 108 Å². The van der Waals surface area contributed by atoms with E-state index in [4.69, 9.17) is 4.74 Å². The van der Waals surface area contributed by atoms with Gasteiger partial charge in [-0.2, -0.15) is 0 Å². The zero-order valence-electron chi connectivity index (χ0n) is 11.5. The van der Waals surface area contributed by atoms with Crippen LogP contribution in [0.3, 0.4) is 0 Å². The quantitative estimate of drug-likeness (QED) is 0.608. The largest absolute Gasteiger partial charge is 0.389 e. The van der Waals surface area contributed by atoms with Crippen molar-refractivity contribution < 1.29 is 9.84 Å². The van der Waals surface area contributed by atoms with Crippen LogP contribution in [-0.2, 0) is 18.2 Å². The van der Waals surface area contributed by atoms with E-state index in [0.717, 1.165) is 18.8 Å². The molecule has 1 aromatic rings. The molecule has 0 saturated heterocycles. The van der Waals surface area contributed by atoms with Gasteiger partial charge in [0.2, 0.25) is 0 Å². The first-order chi connectivity index (χ1) is 8.59. The van der Waals surface area contributed by atoms with Crippen molar-refractivity contribution in [3.8, 4) is 0 Å². The lowest BCUT2D eigenvalue weighted by molar-refractivity contribution is 0.0263. The third-order valence-electron chi connectivity index (χ3n) is 2.47. The van der Waals surface area contributed by atoms with Gasteiger partial charge < -0.3 is 19.7 Å². The number of ether oxygens (including phenoxy) is 1. The van der Waals surface area contributed by atoms with Crippen LogP contribution in [0.5, 0.6) is 0 Å². The van der Waals surface area contributed by atoms with Crippen molar-refractivity contribution in [2.75, 3.05) is 26.3 Å². The highest BCUT2D eigenvalue weighted by Gasteiger charge is 2.05. The second-order valence-corrected chi connectivity index (χ2v) is 4.90. The molecule has 0 aliphatic carbocycles. The van der Waals surface area contributed by atoms with E-state index in [-0.39, 0.29) is 0 Å². The summed E-state index contributed by atoms with van der Waals surface area (Å²) in [5.74, 6) is 1.44. The van der Waals surface area contributed by atoms with Crippen LogP contribution in [0.1, 0.15) is 19.7 Å². The second kappa shape index (κ2) is 8.18. The fourth-order valence-electron chi connectivity index (χ4n) is 1.50. The Morgan fingerprint density at radius 2 is 2.22 bits per heavy atom. The lowest BCUT2D eigenvalue weighted by Crippen LogP contribution is -2.32. The molecular formula is C12H24N4O2. The Hall–Kier alpha value is -0.980. The lowest BCUT2D eigenvalue weighted by atomic mass is 10.2. The number of nitrogens with zero attached hydrogens (tertiary/aromatic N) is 3. The van der Waals surface area contributed by atoms with Gasteiger partial charge in [-0.05, 0) is 5.92 Å². The highest BCUT2D eigenvalue weighted by Crippen LogP contribution is 1.94. The summed E-state index contributed by atoms with van der Waals surface area (Å²) in [7, 11) is 1.92. The number of nitrogens with one attached hydrogen (secondary N) is 1. The third kappa shape index (κ3) is 6.09. The van der Waals surface area contributed by atoms with Crippen molar-refractivity contribution in [1.82, 2.24) is 20.1 Å². The smallest absolute Gasteiger partial charge is 0.133 e.